The maximum absolute atomic E-state index is 10.8. The molecule has 0 aliphatic carbocycles. The smallest absolute Gasteiger partial charge is 0.152 e. The van der Waals surface area contributed by atoms with Crippen molar-refractivity contribution in [3.05, 3.63) is 11.6 Å². The van der Waals surface area contributed by atoms with Crippen molar-refractivity contribution in [2.24, 2.45) is 0 Å². The number of piperidine rings is 1. The molecule has 1 aliphatic heterocycles. The molecule has 2 nitrogen and oxygen atoms in total. The fourth-order valence-corrected chi connectivity index (χ4v) is 1.86. The monoisotopic (exact) mass is 181 g/mol. The van der Waals surface area contributed by atoms with E-state index in [0.29, 0.717) is 0 Å². The van der Waals surface area contributed by atoms with E-state index in [1.54, 1.807) is 13.0 Å². The molecule has 1 rings (SSSR count). The highest BCUT2D eigenvalue weighted by molar-refractivity contribution is 5.87. The second-order valence-electron chi connectivity index (χ2n) is 3.94. The molecule has 0 aromatic carbocycles. The molecule has 13 heavy (non-hydrogen) atoms. The van der Waals surface area contributed by atoms with Gasteiger partial charge in [-0.2, -0.15) is 0 Å². The van der Waals surface area contributed by atoms with Crippen LogP contribution in [0.25, 0.3) is 0 Å². The Morgan fingerprint density at radius 3 is 2.38 bits per heavy atom. The van der Waals surface area contributed by atoms with Gasteiger partial charge in [0.15, 0.2) is 5.78 Å². The van der Waals surface area contributed by atoms with Crippen molar-refractivity contribution in [3.8, 4) is 0 Å². The molecular formula is C11H19NO. The molecule has 0 spiro atoms. The highest BCUT2D eigenvalue weighted by atomic mass is 16.1. The fourth-order valence-electron chi connectivity index (χ4n) is 1.86. The third-order valence-electron chi connectivity index (χ3n) is 2.37. The number of allylic oxidation sites excluding steroid dienone is 1. The first kappa shape index (κ1) is 10.5. The SMILES string of the molecule is CC(=O)/C=C(/C)CN1CCCCC1. The van der Waals surface area contributed by atoms with E-state index < -0.39 is 0 Å². The normalized spacial score (nSPS) is 20.3. The molecule has 1 saturated heterocycles. The minimum absolute atomic E-state index is 0.162. The molecular weight excluding hydrogens is 162 g/mol. The first-order chi connectivity index (χ1) is 6.18. The Labute approximate surface area is 80.6 Å². The second kappa shape index (κ2) is 5.18. The van der Waals surface area contributed by atoms with E-state index in [1.165, 1.54) is 37.9 Å². The van der Waals surface area contributed by atoms with Crippen molar-refractivity contribution in [2.45, 2.75) is 33.1 Å². The van der Waals surface area contributed by atoms with Crippen molar-refractivity contribution in [3.63, 3.8) is 0 Å². The summed E-state index contributed by atoms with van der Waals surface area (Å²) in [5, 5.41) is 0. The number of rotatable bonds is 3. The number of carbonyl (C=O) groups excluding carboxylic acids is 1. The summed E-state index contributed by atoms with van der Waals surface area (Å²) >= 11 is 0. The van der Waals surface area contributed by atoms with Gasteiger partial charge in [0.25, 0.3) is 0 Å². The summed E-state index contributed by atoms with van der Waals surface area (Å²) in [6, 6.07) is 0. The van der Waals surface area contributed by atoms with E-state index in [0.717, 1.165) is 6.54 Å². The zero-order chi connectivity index (χ0) is 9.68. The first-order valence-electron chi connectivity index (χ1n) is 5.08. The Kier molecular flexibility index (Phi) is 4.16. The van der Waals surface area contributed by atoms with Gasteiger partial charge in [0.2, 0.25) is 0 Å². The van der Waals surface area contributed by atoms with Crippen molar-refractivity contribution in [1.29, 1.82) is 0 Å². The zero-order valence-corrected chi connectivity index (χ0v) is 8.68. The van der Waals surface area contributed by atoms with Gasteiger partial charge in [-0.1, -0.05) is 12.0 Å². The molecule has 1 heterocycles. The summed E-state index contributed by atoms with van der Waals surface area (Å²) in [7, 11) is 0. The maximum Gasteiger partial charge on any atom is 0.152 e. The molecule has 1 fully saturated rings. The van der Waals surface area contributed by atoms with Gasteiger partial charge in [-0.25, -0.2) is 0 Å². The van der Waals surface area contributed by atoms with Crippen molar-refractivity contribution >= 4 is 5.78 Å². The van der Waals surface area contributed by atoms with E-state index >= 15 is 0 Å². The molecule has 0 unspecified atom stereocenters. The van der Waals surface area contributed by atoms with E-state index in [2.05, 4.69) is 4.90 Å². The maximum atomic E-state index is 10.8. The lowest BCUT2D eigenvalue weighted by Gasteiger charge is -2.26. The van der Waals surface area contributed by atoms with E-state index in [-0.39, 0.29) is 5.78 Å². The number of hydrogen-bond acceptors (Lipinski definition) is 2. The lowest BCUT2D eigenvalue weighted by atomic mass is 10.1. The first-order valence-corrected chi connectivity index (χ1v) is 5.08. The van der Waals surface area contributed by atoms with Crippen LogP contribution in [0.1, 0.15) is 33.1 Å². The van der Waals surface area contributed by atoms with Gasteiger partial charge in [-0.3, -0.25) is 9.69 Å². The van der Waals surface area contributed by atoms with Gasteiger partial charge in [0.05, 0.1) is 0 Å². The van der Waals surface area contributed by atoms with Gasteiger partial charge in [-0.05, 0) is 45.9 Å². The largest absolute Gasteiger partial charge is 0.299 e. The highest BCUT2D eigenvalue weighted by Crippen LogP contribution is 2.10. The number of likely N-dealkylation sites (tertiary alicyclic amines) is 1. The third-order valence-corrected chi connectivity index (χ3v) is 2.37. The van der Waals surface area contributed by atoms with Crippen LogP contribution < -0.4 is 0 Å². The summed E-state index contributed by atoms with van der Waals surface area (Å²) < 4.78 is 0. The fraction of sp³-hybridized carbons (Fsp3) is 0.727. The molecule has 0 bridgehead atoms. The summed E-state index contributed by atoms with van der Waals surface area (Å²) in [4.78, 5) is 13.2. The van der Waals surface area contributed by atoms with E-state index in [1.807, 2.05) is 6.92 Å². The molecule has 1 aliphatic rings. The lowest BCUT2D eigenvalue weighted by Crippen LogP contribution is -2.31. The van der Waals surface area contributed by atoms with Crippen molar-refractivity contribution < 1.29 is 4.79 Å². The van der Waals surface area contributed by atoms with Crippen LogP contribution in [-0.2, 0) is 4.79 Å². The average molecular weight is 181 g/mol. The molecule has 0 amide bonds. The van der Waals surface area contributed by atoms with Crippen LogP contribution in [-0.4, -0.2) is 30.3 Å². The standard InChI is InChI=1S/C11H19NO/c1-10(8-11(2)13)9-12-6-4-3-5-7-12/h8H,3-7,9H2,1-2H3/b10-8-. The highest BCUT2D eigenvalue weighted by Gasteiger charge is 2.09. The predicted molar refractivity (Wildman–Crippen MR) is 54.7 cm³/mol. The van der Waals surface area contributed by atoms with Crippen molar-refractivity contribution in [2.75, 3.05) is 19.6 Å². The number of ketones is 1. The second-order valence-corrected chi connectivity index (χ2v) is 3.94. The van der Waals surface area contributed by atoms with Crippen LogP contribution in [0.5, 0.6) is 0 Å². The Morgan fingerprint density at radius 1 is 1.23 bits per heavy atom. The van der Waals surface area contributed by atoms with Gasteiger partial charge in [0.1, 0.15) is 0 Å². The third kappa shape index (κ3) is 4.23. The van der Waals surface area contributed by atoms with Crippen LogP contribution in [0, 0.1) is 0 Å². The van der Waals surface area contributed by atoms with Crippen LogP contribution in [0.4, 0.5) is 0 Å². The number of carbonyl (C=O) groups is 1. The van der Waals surface area contributed by atoms with Gasteiger partial charge >= 0.3 is 0 Å². The summed E-state index contributed by atoms with van der Waals surface area (Å²) in [5.74, 6) is 0.162. The van der Waals surface area contributed by atoms with Gasteiger partial charge in [-0.15, -0.1) is 0 Å². The van der Waals surface area contributed by atoms with Gasteiger partial charge in [0, 0.05) is 6.54 Å². The Hall–Kier alpha value is -0.630. The van der Waals surface area contributed by atoms with Crippen LogP contribution >= 0.6 is 0 Å². The molecule has 2 heteroatoms. The average Bonchev–Trinajstić information content (AvgIpc) is 2.04. The van der Waals surface area contributed by atoms with E-state index in [4.69, 9.17) is 0 Å². The summed E-state index contributed by atoms with van der Waals surface area (Å²) in [6.45, 7) is 7.02. The quantitative estimate of drug-likeness (QED) is 0.621. The lowest BCUT2D eigenvalue weighted by molar-refractivity contribution is -0.112. The number of nitrogens with zero attached hydrogens (tertiary/aromatic N) is 1. The molecule has 0 aromatic heterocycles. The minimum Gasteiger partial charge on any atom is -0.299 e. The van der Waals surface area contributed by atoms with Gasteiger partial charge < -0.3 is 0 Å². The summed E-state index contributed by atoms with van der Waals surface area (Å²) in [5.41, 5.74) is 1.19. The molecule has 0 atom stereocenters. The molecule has 0 N–H and O–H groups in total. The molecule has 74 valence electrons. The van der Waals surface area contributed by atoms with Crippen molar-refractivity contribution in [1.82, 2.24) is 4.90 Å². The molecule has 0 radical (unpaired) electrons. The Bertz CT molecular complexity index is 202. The zero-order valence-electron chi connectivity index (χ0n) is 8.68. The Balaban J connectivity index is 2.33. The Morgan fingerprint density at radius 2 is 1.85 bits per heavy atom. The van der Waals surface area contributed by atoms with Crippen LogP contribution in [0.3, 0.4) is 0 Å². The molecule has 0 aromatic rings. The van der Waals surface area contributed by atoms with E-state index in [9.17, 15) is 4.79 Å². The topological polar surface area (TPSA) is 20.3 Å². The van der Waals surface area contributed by atoms with Crippen LogP contribution in [0.15, 0.2) is 11.6 Å². The predicted octanol–water partition coefficient (Wildman–Crippen LogP) is 2.01. The minimum atomic E-state index is 0.162. The van der Waals surface area contributed by atoms with Crippen LogP contribution in [0.2, 0.25) is 0 Å². The summed E-state index contributed by atoms with van der Waals surface area (Å²) in [6.07, 6.45) is 5.74. The number of hydrogen-bond donors (Lipinski definition) is 0. The molecule has 0 saturated carbocycles.